The van der Waals surface area contributed by atoms with Crippen molar-refractivity contribution in [2.75, 3.05) is 0 Å². The van der Waals surface area contributed by atoms with E-state index in [1.54, 1.807) is 0 Å². The minimum Gasteiger partial charge on any atom is -0.385 e. The van der Waals surface area contributed by atoms with Gasteiger partial charge in [0.2, 0.25) is 0 Å². The van der Waals surface area contributed by atoms with Crippen molar-refractivity contribution in [3.8, 4) is 0 Å². The molecule has 5 rings (SSSR count). The lowest BCUT2D eigenvalue weighted by Crippen LogP contribution is -2.67. The Morgan fingerprint density at radius 2 is 1.16 bits per heavy atom. The minimum absolute atomic E-state index is 0.0811. The monoisotopic (exact) mass is 442 g/mol. The SMILES string of the molecule is CC1(C)CC[C@]2(C)CC[C@H]3[C@]4(C)CC[C@@H]5C(C)(C)C(=O)[C@H](O)C[C@]5(C)[C@@H]4CC[C@@]3(C)[C@@H]2C1. The summed E-state index contributed by atoms with van der Waals surface area (Å²) >= 11 is 0. The summed E-state index contributed by atoms with van der Waals surface area (Å²) in [4.78, 5) is 13.0. The van der Waals surface area contributed by atoms with E-state index in [9.17, 15) is 9.90 Å². The first kappa shape index (κ1) is 23.4. The molecular weight excluding hydrogens is 392 g/mol. The zero-order chi connectivity index (χ0) is 23.5. The van der Waals surface area contributed by atoms with Gasteiger partial charge in [0.15, 0.2) is 5.78 Å². The highest BCUT2D eigenvalue weighted by atomic mass is 16.3. The number of hydrogen-bond acceptors (Lipinski definition) is 2. The number of fused-ring (bicyclic) bond motifs is 7. The third kappa shape index (κ3) is 2.83. The van der Waals surface area contributed by atoms with Gasteiger partial charge in [0.05, 0.1) is 0 Å². The van der Waals surface area contributed by atoms with E-state index in [1.807, 2.05) is 0 Å². The second kappa shape index (κ2) is 6.64. The molecule has 5 aliphatic carbocycles. The van der Waals surface area contributed by atoms with Crippen LogP contribution in [0.4, 0.5) is 0 Å². The second-order valence-corrected chi connectivity index (χ2v) is 15.7. The largest absolute Gasteiger partial charge is 0.385 e. The van der Waals surface area contributed by atoms with E-state index < -0.39 is 11.5 Å². The quantitative estimate of drug-likeness (QED) is 0.423. The number of rotatable bonds is 0. The second-order valence-electron chi connectivity index (χ2n) is 15.7. The maximum absolute atomic E-state index is 13.0. The summed E-state index contributed by atoms with van der Waals surface area (Å²) in [5.74, 6) is 2.78. The van der Waals surface area contributed by atoms with Gasteiger partial charge < -0.3 is 5.11 Å². The molecule has 182 valence electrons. The van der Waals surface area contributed by atoms with E-state index in [2.05, 4.69) is 55.4 Å². The Balaban J connectivity index is 1.53. The van der Waals surface area contributed by atoms with E-state index in [-0.39, 0.29) is 11.2 Å². The van der Waals surface area contributed by atoms with Crippen molar-refractivity contribution in [2.24, 2.45) is 56.2 Å². The molecule has 32 heavy (non-hydrogen) atoms. The molecule has 2 heteroatoms. The van der Waals surface area contributed by atoms with Gasteiger partial charge in [-0.05, 0) is 115 Å². The van der Waals surface area contributed by atoms with Gasteiger partial charge in [0.25, 0.3) is 0 Å². The Labute approximate surface area is 197 Å². The maximum Gasteiger partial charge on any atom is 0.167 e. The molecule has 0 aromatic carbocycles. The smallest absolute Gasteiger partial charge is 0.167 e. The van der Waals surface area contributed by atoms with Gasteiger partial charge in [0, 0.05) is 5.41 Å². The molecular formula is C30H50O2. The van der Waals surface area contributed by atoms with Crippen LogP contribution in [-0.4, -0.2) is 17.0 Å². The summed E-state index contributed by atoms with van der Waals surface area (Å²) in [7, 11) is 0. The fraction of sp³-hybridized carbons (Fsp3) is 0.967. The molecule has 1 N–H and O–H groups in total. The van der Waals surface area contributed by atoms with Crippen molar-refractivity contribution >= 4 is 5.78 Å². The zero-order valence-electron chi connectivity index (χ0n) is 22.3. The normalized spacial score (nSPS) is 56.4. The molecule has 0 bridgehead atoms. The molecule has 0 spiro atoms. The highest BCUT2D eigenvalue weighted by Crippen LogP contribution is 2.76. The standard InChI is InChI=1S/C30H50O2/c1-25(2)15-16-27(5)12-9-21-28(6)13-10-20-26(3,4)24(32)19(31)17-30(20,8)22(28)11-14-29(21,7)23(27)18-25/h19-23,31H,9-18H2,1-8H3/t19-,20-,21+,22-,23-,27+,28+,29-,30+/m1/s1. The Morgan fingerprint density at radius 3 is 1.81 bits per heavy atom. The van der Waals surface area contributed by atoms with Crippen molar-refractivity contribution < 1.29 is 9.90 Å². The molecule has 5 saturated carbocycles. The van der Waals surface area contributed by atoms with E-state index in [4.69, 9.17) is 0 Å². The highest BCUT2D eigenvalue weighted by Gasteiger charge is 2.69. The molecule has 0 aromatic heterocycles. The number of ketones is 1. The first-order valence-electron chi connectivity index (χ1n) is 13.8. The molecule has 0 heterocycles. The summed E-state index contributed by atoms with van der Waals surface area (Å²) in [6.45, 7) is 19.7. The molecule has 2 nitrogen and oxygen atoms in total. The van der Waals surface area contributed by atoms with Crippen LogP contribution < -0.4 is 0 Å². The van der Waals surface area contributed by atoms with Crippen LogP contribution in [0.15, 0.2) is 0 Å². The Hall–Kier alpha value is -0.370. The van der Waals surface area contributed by atoms with Crippen molar-refractivity contribution in [1.29, 1.82) is 0 Å². The van der Waals surface area contributed by atoms with Gasteiger partial charge in [0.1, 0.15) is 6.10 Å². The highest BCUT2D eigenvalue weighted by molar-refractivity contribution is 5.89. The summed E-state index contributed by atoms with van der Waals surface area (Å²) in [5.41, 5.74) is 1.48. The number of carbonyl (C=O) groups is 1. The Morgan fingerprint density at radius 1 is 0.625 bits per heavy atom. The van der Waals surface area contributed by atoms with Gasteiger partial charge >= 0.3 is 0 Å². The molecule has 0 saturated heterocycles. The molecule has 0 aliphatic heterocycles. The average molecular weight is 443 g/mol. The van der Waals surface area contributed by atoms with E-state index in [0.717, 1.165) is 18.3 Å². The lowest BCUT2D eigenvalue weighted by atomic mass is 9.32. The van der Waals surface area contributed by atoms with Crippen LogP contribution in [0.25, 0.3) is 0 Å². The van der Waals surface area contributed by atoms with Crippen molar-refractivity contribution in [2.45, 2.75) is 126 Å². The maximum atomic E-state index is 13.0. The van der Waals surface area contributed by atoms with Crippen LogP contribution in [0.5, 0.6) is 0 Å². The third-order valence-electron chi connectivity index (χ3n) is 13.1. The number of hydrogen-bond donors (Lipinski definition) is 1. The lowest BCUT2D eigenvalue weighted by Gasteiger charge is -2.72. The van der Waals surface area contributed by atoms with E-state index >= 15 is 0 Å². The van der Waals surface area contributed by atoms with Crippen molar-refractivity contribution in [3.63, 3.8) is 0 Å². The van der Waals surface area contributed by atoms with Crippen molar-refractivity contribution in [3.05, 3.63) is 0 Å². The third-order valence-corrected chi connectivity index (χ3v) is 13.1. The van der Waals surface area contributed by atoms with E-state index in [0.29, 0.717) is 39.9 Å². The van der Waals surface area contributed by atoms with Crippen molar-refractivity contribution in [1.82, 2.24) is 0 Å². The van der Waals surface area contributed by atoms with Crippen LogP contribution in [0.2, 0.25) is 0 Å². The van der Waals surface area contributed by atoms with Gasteiger partial charge in [-0.15, -0.1) is 0 Å². The molecule has 9 atom stereocenters. The molecule has 5 fully saturated rings. The molecule has 0 aromatic rings. The van der Waals surface area contributed by atoms with Crippen LogP contribution in [0, 0.1) is 56.2 Å². The number of aliphatic hydroxyl groups is 1. The van der Waals surface area contributed by atoms with Crippen LogP contribution in [0.1, 0.15) is 120 Å². The minimum atomic E-state index is -0.768. The molecule has 0 unspecified atom stereocenters. The fourth-order valence-corrected chi connectivity index (χ4v) is 11.6. The van der Waals surface area contributed by atoms with E-state index in [1.165, 1.54) is 51.4 Å². The molecule has 5 aliphatic rings. The number of aliphatic hydroxyl groups excluding tert-OH is 1. The topological polar surface area (TPSA) is 37.3 Å². The zero-order valence-corrected chi connectivity index (χ0v) is 22.3. The van der Waals surface area contributed by atoms with Gasteiger partial charge in [-0.2, -0.15) is 0 Å². The Kier molecular flexibility index (Phi) is 4.85. The summed E-state index contributed by atoms with van der Waals surface area (Å²) in [6.07, 6.45) is 12.0. The predicted molar refractivity (Wildman–Crippen MR) is 131 cm³/mol. The fourth-order valence-electron chi connectivity index (χ4n) is 11.6. The van der Waals surface area contributed by atoms with Gasteiger partial charge in [-0.25, -0.2) is 0 Å². The summed E-state index contributed by atoms with van der Waals surface area (Å²) < 4.78 is 0. The first-order chi connectivity index (χ1) is 14.6. The first-order valence-corrected chi connectivity index (χ1v) is 13.8. The predicted octanol–water partition coefficient (Wildman–Crippen LogP) is 7.43. The van der Waals surface area contributed by atoms with Crippen LogP contribution >= 0.6 is 0 Å². The van der Waals surface area contributed by atoms with Gasteiger partial charge in [-0.1, -0.05) is 55.4 Å². The van der Waals surface area contributed by atoms with Gasteiger partial charge in [-0.3, -0.25) is 4.79 Å². The van der Waals surface area contributed by atoms with Crippen LogP contribution in [-0.2, 0) is 4.79 Å². The molecule has 0 radical (unpaired) electrons. The lowest BCUT2D eigenvalue weighted by molar-refractivity contribution is -0.238. The molecule has 0 amide bonds. The Bertz CT molecular complexity index is 812. The summed E-state index contributed by atoms with van der Waals surface area (Å²) in [6, 6.07) is 0. The number of carbonyl (C=O) groups excluding carboxylic acids is 1. The average Bonchev–Trinajstić information content (AvgIpc) is 2.67. The van der Waals surface area contributed by atoms with Crippen LogP contribution in [0.3, 0.4) is 0 Å². The summed E-state index contributed by atoms with van der Waals surface area (Å²) in [5, 5.41) is 10.9. The number of Topliss-reactive ketones (excluding diaryl/α,β-unsaturated/α-hetero) is 1.